The minimum absolute atomic E-state index is 0.117. The van der Waals surface area contributed by atoms with Crippen LogP contribution in [0.25, 0.3) is 10.2 Å². The first-order chi connectivity index (χ1) is 13.6. The number of pyridine rings is 1. The van der Waals surface area contributed by atoms with Gasteiger partial charge in [-0.05, 0) is 44.4 Å². The number of rotatable bonds is 6. The molecule has 0 aromatic carbocycles. The number of hydrogen-bond acceptors (Lipinski definition) is 7. The maximum absolute atomic E-state index is 12.8. The molecule has 1 aliphatic rings. The second-order valence-corrected chi connectivity index (χ2v) is 7.93. The fourth-order valence-corrected chi connectivity index (χ4v) is 4.45. The predicted octanol–water partition coefficient (Wildman–Crippen LogP) is 3.22. The molecule has 0 saturated carbocycles. The number of aryl methyl sites for hydroxylation is 2. The molecule has 1 unspecified atom stereocenters. The van der Waals surface area contributed by atoms with Gasteiger partial charge in [-0.25, -0.2) is 9.97 Å². The van der Waals surface area contributed by atoms with E-state index >= 15 is 0 Å². The molecule has 0 bridgehead atoms. The van der Waals surface area contributed by atoms with Gasteiger partial charge in [0.05, 0.1) is 28.6 Å². The Balaban J connectivity index is 1.51. The minimum Gasteiger partial charge on any atom is -0.376 e. The van der Waals surface area contributed by atoms with E-state index in [0.29, 0.717) is 18.0 Å². The molecule has 1 atom stereocenters. The van der Waals surface area contributed by atoms with Gasteiger partial charge >= 0.3 is 0 Å². The quantitative estimate of drug-likeness (QED) is 0.664. The van der Waals surface area contributed by atoms with E-state index in [4.69, 9.17) is 4.74 Å². The summed E-state index contributed by atoms with van der Waals surface area (Å²) < 4.78 is 5.67. The summed E-state index contributed by atoms with van der Waals surface area (Å²) >= 11 is 1.39. The molecule has 146 valence electrons. The van der Waals surface area contributed by atoms with E-state index in [0.717, 1.165) is 52.4 Å². The number of carbonyl (C=O) groups is 1. The first kappa shape index (κ1) is 18.8. The average Bonchev–Trinajstić information content (AvgIpc) is 3.33. The van der Waals surface area contributed by atoms with Crippen molar-refractivity contribution in [1.29, 1.82) is 0 Å². The first-order valence-corrected chi connectivity index (χ1v) is 10.2. The fraction of sp³-hybridized carbons (Fsp3) is 0.400. The molecule has 0 aliphatic carbocycles. The number of amides is 1. The number of nitrogens with one attached hydrogen (secondary N) is 2. The van der Waals surface area contributed by atoms with Gasteiger partial charge in [0, 0.05) is 18.8 Å². The molecule has 1 fully saturated rings. The van der Waals surface area contributed by atoms with E-state index in [1.54, 1.807) is 0 Å². The van der Waals surface area contributed by atoms with Gasteiger partial charge in [0.25, 0.3) is 5.91 Å². The van der Waals surface area contributed by atoms with Crippen LogP contribution in [0.1, 0.15) is 39.5 Å². The zero-order valence-corrected chi connectivity index (χ0v) is 16.8. The van der Waals surface area contributed by atoms with Crippen molar-refractivity contribution < 1.29 is 9.53 Å². The SMILES string of the molecule is Cc1cccc(CNC(=O)c2sc3ncnc(NCC4CCCO4)c3c2C)n1. The van der Waals surface area contributed by atoms with Crippen LogP contribution >= 0.6 is 11.3 Å². The van der Waals surface area contributed by atoms with Crippen LogP contribution in [0.15, 0.2) is 24.5 Å². The molecular formula is C20H23N5O2S. The lowest BCUT2D eigenvalue weighted by atomic mass is 10.2. The highest BCUT2D eigenvalue weighted by Crippen LogP contribution is 2.33. The van der Waals surface area contributed by atoms with Crippen LogP contribution in [0.5, 0.6) is 0 Å². The summed E-state index contributed by atoms with van der Waals surface area (Å²) in [4.78, 5) is 27.4. The third-order valence-corrected chi connectivity index (χ3v) is 6.03. The Kier molecular flexibility index (Phi) is 5.50. The van der Waals surface area contributed by atoms with Crippen LogP contribution in [-0.2, 0) is 11.3 Å². The van der Waals surface area contributed by atoms with Gasteiger partial charge in [-0.15, -0.1) is 11.3 Å². The van der Waals surface area contributed by atoms with Gasteiger partial charge in [-0.1, -0.05) is 6.07 Å². The Labute approximate surface area is 167 Å². The van der Waals surface area contributed by atoms with Gasteiger partial charge in [0.15, 0.2) is 0 Å². The maximum atomic E-state index is 12.8. The lowest BCUT2D eigenvalue weighted by Gasteiger charge is -2.12. The van der Waals surface area contributed by atoms with Crippen molar-refractivity contribution in [3.63, 3.8) is 0 Å². The van der Waals surface area contributed by atoms with Gasteiger partial charge < -0.3 is 15.4 Å². The first-order valence-electron chi connectivity index (χ1n) is 9.42. The van der Waals surface area contributed by atoms with E-state index in [1.807, 2.05) is 32.0 Å². The molecule has 4 heterocycles. The standard InChI is InChI=1S/C20H23N5O2S/c1-12-5-3-6-14(25-12)9-22-19(26)17-13(2)16-18(23-11-24-20(16)28-17)21-10-15-7-4-8-27-15/h3,5-6,11,15H,4,7-10H2,1-2H3,(H,22,26)(H,21,23,24). The van der Waals surface area contributed by atoms with Crippen LogP contribution in [0.2, 0.25) is 0 Å². The Morgan fingerprint density at radius 2 is 2.21 bits per heavy atom. The van der Waals surface area contributed by atoms with Crippen molar-refractivity contribution in [3.8, 4) is 0 Å². The number of fused-ring (bicyclic) bond motifs is 1. The van der Waals surface area contributed by atoms with E-state index < -0.39 is 0 Å². The molecular weight excluding hydrogens is 374 g/mol. The van der Waals surface area contributed by atoms with E-state index in [1.165, 1.54) is 17.7 Å². The third-order valence-electron chi connectivity index (χ3n) is 4.83. The second kappa shape index (κ2) is 8.20. The molecule has 4 rings (SSSR count). The topological polar surface area (TPSA) is 89.0 Å². The van der Waals surface area contributed by atoms with Gasteiger partial charge in [-0.3, -0.25) is 9.78 Å². The molecule has 1 amide bonds. The highest BCUT2D eigenvalue weighted by molar-refractivity contribution is 7.20. The highest BCUT2D eigenvalue weighted by atomic mass is 32.1. The Morgan fingerprint density at radius 1 is 1.32 bits per heavy atom. The zero-order chi connectivity index (χ0) is 19.5. The zero-order valence-electron chi connectivity index (χ0n) is 16.0. The summed E-state index contributed by atoms with van der Waals surface area (Å²) in [5.41, 5.74) is 2.66. The van der Waals surface area contributed by atoms with Crippen LogP contribution in [0.4, 0.5) is 5.82 Å². The van der Waals surface area contributed by atoms with Crippen molar-refractivity contribution in [1.82, 2.24) is 20.3 Å². The summed E-state index contributed by atoms with van der Waals surface area (Å²) in [6, 6.07) is 5.78. The third kappa shape index (κ3) is 3.98. The molecule has 1 saturated heterocycles. The number of thiophene rings is 1. The van der Waals surface area contributed by atoms with E-state index in [9.17, 15) is 4.79 Å². The number of anilines is 1. The summed E-state index contributed by atoms with van der Waals surface area (Å²) in [5, 5.41) is 7.24. The summed E-state index contributed by atoms with van der Waals surface area (Å²) in [6.07, 6.45) is 3.91. The smallest absolute Gasteiger partial charge is 0.262 e. The second-order valence-electron chi connectivity index (χ2n) is 6.93. The lowest BCUT2D eigenvalue weighted by molar-refractivity contribution is 0.0954. The Hall–Kier alpha value is -2.58. The number of hydrogen-bond donors (Lipinski definition) is 2. The molecule has 0 spiro atoms. The molecule has 7 nitrogen and oxygen atoms in total. The molecule has 3 aromatic rings. The summed E-state index contributed by atoms with van der Waals surface area (Å²) in [6.45, 7) is 5.81. The van der Waals surface area contributed by atoms with Crippen LogP contribution < -0.4 is 10.6 Å². The lowest BCUT2D eigenvalue weighted by Crippen LogP contribution is -2.23. The normalized spacial score (nSPS) is 16.4. The van der Waals surface area contributed by atoms with Gasteiger partial charge in [0.1, 0.15) is 17.0 Å². The van der Waals surface area contributed by atoms with E-state index in [2.05, 4.69) is 25.6 Å². The van der Waals surface area contributed by atoms with Crippen molar-refractivity contribution >= 4 is 33.3 Å². The van der Waals surface area contributed by atoms with Crippen molar-refractivity contribution in [2.24, 2.45) is 0 Å². The van der Waals surface area contributed by atoms with Gasteiger partial charge in [-0.2, -0.15) is 0 Å². The van der Waals surface area contributed by atoms with Crippen LogP contribution in [0.3, 0.4) is 0 Å². The van der Waals surface area contributed by atoms with Crippen LogP contribution in [-0.4, -0.2) is 40.1 Å². The van der Waals surface area contributed by atoms with Gasteiger partial charge in [0.2, 0.25) is 0 Å². The Bertz CT molecular complexity index is 997. The Morgan fingerprint density at radius 3 is 3.00 bits per heavy atom. The number of ether oxygens (including phenoxy) is 1. The van der Waals surface area contributed by atoms with E-state index in [-0.39, 0.29) is 12.0 Å². The average molecular weight is 398 g/mol. The number of nitrogens with zero attached hydrogens (tertiary/aromatic N) is 3. The van der Waals surface area contributed by atoms with Crippen molar-refractivity contribution in [3.05, 3.63) is 46.4 Å². The molecule has 8 heteroatoms. The maximum Gasteiger partial charge on any atom is 0.262 e. The predicted molar refractivity (Wildman–Crippen MR) is 110 cm³/mol. The van der Waals surface area contributed by atoms with Crippen LogP contribution in [0, 0.1) is 13.8 Å². The summed E-state index contributed by atoms with van der Waals surface area (Å²) in [5.74, 6) is 0.641. The van der Waals surface area contributed by atoms with Crippen molar-refractivity contribution in [2.75, 3.05) is 18.5 Å². The largest absolute Gasteiger partial charge is 0.376 e. The number of carbonyl (C=O) groups excluding carboxylic acids is 1. The molecule has 2 N–H and O–H groups in total. The van der Waals surface area contributed by atoms with Crippen molar-refractivity contribution in [2.45, 2.75) is 39.3 Å². The molecule has 3 aromatic heterocycles. The molecule has 0 radical (unpaired) electrons. The summed E-state index contributed by atoms with van der Waals surface area (Å²) in [7, 11) is 0. The fourth-order valence-electron chi connectivity index (χ4n) is 3.39. The minimum atomic E-state index is -0.117. The molecule has 28 heavy (non-hydrogen) atoms. The molecule has 1 aliphatic heterocycles. The number of aromatic nitrogens is 3. The highest BCUT2D eigenvalue weighted by Gasteiger charge is 2.21. The monoisotopic (exact) mass is 397 g/mol.